The summed E-state index contributed by atoms with van der Waals surface area (Å²) in [6.07, 6.45) is 0. The van der Waals surface area contributed by atoms with E-state index in [2.05, 4.69) is 26.9 Å². The van der Waals surface area contributed by atoms with E-state index in [0.717, 1.165) is 40.0 Å². The zero-order valence-electron chi connectivity index (χ0n) is 16.8. The minimum absolute atomic E-state index is 0.439. The van der Waals surface area contributed by atoms with Gasteiger partial charge in [0.25, 0.3) is 0 Å². The van der Waals surface area contributed by atoms with E-state index >= 15 is 0 Å². The molecule has 6 nitrogen and oxygen atoms in total. The quantitative estimate of drug-likeness (QED) is 0.276. The Balaban J connectivity index is 1.26. The van der Waals surface area contributed by atoms with Crippen LogP contribution in [0.2, 0.25) is 5.02 Å². The molecule has 0 radical (unpaired) electrons. The van der Waals surface area contributed by atoms with E-state index in [1.807, 2.05) is 72.8 Å². The predicted octanol–water partition coefficient (Wildman–Crippen LogP) is 4.78. The SMILES string of the molecule is Clc1ccccc1COc1ccccc1CNCCSc1nnnn1-c1ccccc1. The van der Waals surface area contributed by atoms with Gasteiger partial charge in [0.05, 0.1) is 5.69 Å². The number of nitrogens with zero attached hydrogens (tertiary/aromatic N) is 4. The molecule has 0 aliphatic carbocycles. The van der Waals surface area contributed by atoms with Gasteiger partial charge in [-0.25, -0.2) is 0 Å². The fourth-order valence-electron chi connectivity index (χ4n) is 3.00. The molecule has 1 heterocycles. The second-order valence-corrected chi connectivity index (χ2v) is 8.19. The molecule has 0 unspecified atom stereocenters. The van der Waals surface area contributed by atoms with Crippen LogP contribution in [0.3, 0.4) is 0 Å². The van der Waals surface area contributed by atoms with Crippen LogP contribution < -0.4 is 10.1 Å². The second-order valence-electron chi connectivity index (χ2n) is 6.72. The van der Waals surface area contributed by atoms with Gasteiger partial charge in [-0.1, -0.05) is 78.0 Å². The van der Waals surface area contributed by atoms with Crippen molar-refractivity contribution in [3.63, 3.8) is 0 Å². The van der Waals surface area contributed by atoms with Crippen molar-refractivity contribution < 1.29 is 4.74 Å². The molecule has 0 saturated heterocycles. The lowest BCUT2D eigenvalue weighted by atomic mass is 10.2. The lowest BCUT2D eigenvalue weighted by Gasteiger charge is -2.13. The molecule has 0 atom stereocenters. The third kappa shape index (κ3) is 5.85. The van der Waals surface area contributed by atoms with Crippen LogP contribution >= 0.6 is 23.4 Å². The summed E-state index contributed by atoms with van der Waals surface area (Å²) in [5.41, 5.74) is 3.03. The predicted molar refractivity (Wildman–Crippen MR) is 124 cm³/mol. The molecule has 4 aromatic rings. The Morgan fingerprint density at radius 2 is 1.65 bits per heavy atom. The van der Waals surface area contributed by atoms with Gasteiger partial charge in [-0.2, -0.15) is 4.68 Å². The first kappa shape index (κ1) is 21.4. The van der Waals surface area contributed by atoms with Gasteiger partial charge in [0.2, 0.25) is 5.16 Å². The minimum atomic E-state index is 0.439. The molecule has 0 amide bonds. The number of benzene rings is 3. The van der Waals surface area contributed by atoms with Crippen LogP contribution in [0.4, 0.5) is 0 Å². The van der Waals surface area contributed by atoms with Crippen LogP contribution in [0.15, 0.2) is 84.0 Å². The Morgan fingerprint density at radius 3 is 2.48 bits per heavy atom. The highest BCUT2D eigenvalue weighted by Gasteiger charge is 2.09. The van der Waals surface area contributed by atoms with Gasteiger partial charge in [0.1, 0.15) is 12.4 Å². The summed E-state index contributed by atoms with van der Waals surface area (Å²) in [6, 6.07) is 25.7. The molecule has 8 heteroatoms. The van der Waals surface area contributed by atoms with E-state index in [4.69, 9.17) is 16.3 Å². The number of nitrogens with one attached hydrogen (secondary N) is 1. The summed E-state index contributed by atoms with van der Waals surface area (Å²) in [6.45, 7) is 1.96. The van der Waals surface area contributed by atoms with Crippen LogP contribution in [0, 0.1) is 0 Å². The van der Waals surface area contributed by atoms with Crippen molar-refractivity contribution in [1.29, 1.82) is 0 Å². The molecule has 0 saturated carbocycles. The molecule has 0 aliphatic rings. The molecule has 1 N–H and O–H groups in total. The average Bonchev–Trinajstić information content (AvgIpc) is 3.28. The van der Waals surface area contributed by atoms with E-state index in [1.54, 1.807) is 16.4 Å². The molecule has 3 aromatic carbocycles. The largest absolute Gasteiger partial charge is 0.489 e. The highest BCUT2D eigenvalue weighted by Crippen LogP contribution is 2.22. The number of hydrogen-bond acceptors (Lipinski definition) is 6. The van der Waals surface area contributed by atoms with Crippen molar-refractivity contribution in [3.8, 4) is 11.4 Å². The summed E-state index contributed by atoms with van der Waals surface area (Å²) >= 11 is 7.85. The number of ether oxygens (including phenoxy) is 1. The zero-order valence-corrected chi connectivity index (χ0v) is 18.4. The Morgan fingerprint density at radius 1 is 0.903 bits per heavy atom. The van der Waals surface area contributed by atoms with Gasteiger partial charge in [0.15, 0.2) is 0 Å². The molecule has 0 spiro atoms. The molecular formula is C23H22ClN5OS. The molecular weight excluding hydrogens is 430 g/mol. The number of rotatable bonds is 10. The van der Waals surface area contributed by atoms with Gasteiger partial charge in [-0.3, -0.25) is 0 Å². The maximum Gasteiger partial charge on any atom is 0.214 e. The summed E-state index contributed by atoms with van der Waals surface area (Å²) in [5.74, 6) is 1.70. The standard InChI is InChI=1S/C23H22ClN5OS/c24-21-12-6-4-9-19(21)17-30-22-13-7-5-8-18(22)16-25-14-15-31-23-26-27-28-29(23)20-10-2-1-3-11-20/h1-13,25H,14-17H2. The van der Waals surface area contributed by atoms with E-state index in [9.17, 15) is 0 Å². The first-order valence-corrected chi connectivity index (χ1v) is 11.3. The molecule has 158 valence electrons. The van der Waals surface area contributed by atoms with Gasteiger partial charge in [-0.05, 0) is 34.7 Å². The van der Waals surface area contributed by atoms with E-state index in [-0.39, 0.29) is 0 Å². The Hall–Kier alpha value is -2.87. The third-order valence-electron chi connectivity index (χ3n) is 4.58. The molecule has 31 heavy (non-hydrogen) atoms. The zero-order chi connectivity index (χ0) is 21.3. The smallest absolute Gasteiger partial charge is 0.214 e. The van der Waals surface area contributed by atoms with Crippen LogP contribution in [0.1, 0.15) is 11.1 Å². The average molecular weight is 452 g/mol. The highest BCUT2D eigenvalue weighted by molar-refractivity contribution is 7.99. The van der Waals surface area contributed by atoms with Crippen LogP contribution in [-0.2, 0) is 13.2 Å². The van der Waals surface area contributed by atoms with Gasteiger partial charge in [0, 0.05) is 35.0 Å². The van der Waals surface area contributed by atoms with Crippen LogP contribution in [-0.4, -0.2) is 32.5 Å². The molecule has 0 aliphatic heterocycles. The second kappa shape index (κ2) is 10.9. The number of aromatic nitrogens is 4. The van der Waals surface area contributed by atoms with Gasteiger partial charge >= 0.3 is 0 Å². The maximum absolute atomic E-state index is 6.23. The monoisotopic (exact) mass is 451 g/mol. The normalized spacial score (nSPS) is 10.9. The van der Waals surface area contributed by atoms with E-state index < -0.39 is 0 Å². The number of hydrogen-bond donors (Lipinski definition) is 1. The molecule has 4 rings (SSSR count). The summed E-state index contributed by atoms with van der Waals surface area (Å²) in [5, 5.41) is 17.0. The molecule has 0 bridgehead atoms. The van der Waals surface area contributed by atoms with Gasteiger partial charge in [-0.15, -0.1) is 5.10 Å². The van der Waals surface area contributed by atoms with E-state index in [0.29, 0.717) is 18.2 Å². The number of para-hydroxylation sites is 2. The Bertz CT molecular complexity index is 1110. The van der Waals surface area contributed by atoms with Crippen LogP contribution in [0.5, 0.6) is 5.75 Å². The maximum atomic E-state index is 6.23. The third-order valence-corrected chi connectivity index (χ3v) is 5.87. The molecule has 0 fully saturated rings. The number of thioether (sulfide) groups is 1. The lowest BCUT2D eigenvalue weighted by molar-refractivity contribution is 0.302. The van der Waals surface area contributed by atoms with Crippen molar-refractivity contribution in [2.24, 2.45) is 0 Å². The Kier molecular flexibility index (Phi) is 7.55. The van der Waals surface area contributed by atoms with E-state index in [1.165, 1.54) is 0 Å². The first-order chi connectivity index (χ1) is 15.3. The van der Waals surface area contributed by atoms with Crippen molar-refractivity contribution in [3.05, 3.63) is 95.0 Å². The number of halogens is 1. The first-order valence-electron chi connectivity index (χ1n) is 9.92. The topological polar surface area (TPSA) is 64.9 Å². The van der Waals surface area contributed by atoms with Crippen molar-refractivity contribution >= 4 is 23.4 Å². The van der Waals surface area contributed by atoms with Gasteiger partial charge < -0.3 is 10.1 Å². The van der Waals surface area contributed by atoms with Crippen molar-refractivity contribution in [1.82, 2.24) is 25.5 Å². The van der Waals surface area contributed by atoms with Crippen LogP contribution in [0.25, 0.3) is 5.69 Å². The summed E-state index contributed by atoms with van der Waals surface area (Å²) in [4.78, 5) is 0. The summed E-state index contributed by atoms with van der Waals surface area (Å²) < 4.78 is 7.78. The summed E-state index contributed by atoms with van der Waals surface area (Å²) in [7, 11) is 0. The Labute approximate surface area is 190 Å². The fraction of sp³-hybridized carbons (Fsp3) is 0.174. The highest BCUT2D eigenvalue weighted by atomic mass is 35.5. The fourth-order valence-corrected chi connectivity index (χ4v) is 3.98. The minimum Gasteiger partial charge on any atom is -0.489 e. The van der Waals surface area contributed by atoms with Crippen molar-refractivity contribution in [2.45, 2.75) is 18.3 Å². The van der Waals surface area contributed by atoms with Crippen molar-refractivity contribution in [2.75, 3.05) is 12.3 Å². The lowest BCUT2D eigenvalue weighted by Crippen LogP contribution is -2.17. The number of tetrazole rings is 1. The molecule has 1 aromatic heterocycles.